The topological polar surface area (TPSA) is 72.2 Å². The first-order valence-corrected chi connectivity index (χ1v) is 8.10. The smallest absolute Gasteiger partial charge is 0.243 e. The van der Waals surface area contributed by atoms with Gasteiger partial charge in [0.05, 0.1) is 0 Å². The highest BCUT2D eigenvalue weighted by Crippen LogP contribution is 2.29. The summed E-state index contributed by atoms with van der Waals surface area (Å²) in [4.78, 5) is -0.674. The standard InChI is InChI=1S/C13H18F2N2O2S/c14-11-6-10(8-16)7-12(13(11)15)20(18,19)17-5-4-9-2-1-3-9/h6-7,9,17H,1-5,8,16H2. The van der Waals surface area contributed by atoms with Crippen LogP contribution in [0.4, 0.5) is 8.78 Å². The zero-order valence-electron chi connectivity index (χ0n) is 11.0. The molecule has 7 heteroatoms. The second-order valence-electron chi connectivity index (χ2n) is 5.08. The number of hydrogen-bond donors (Lipinski definition) is 2. The molecule has 1 saturated carbocycles. The van der Waals surface area contributed by atoms with E-state index in [1.165, 1.54) is 6.42 Å². The van der Waals surface area contributed by atoms with Gasteiger partial charge >= 0.3 is 0 Å². The number of hydrogen-bond acceptors (Lipinski definition) is 3. The van der Waals surface area contributed by atoms with Gasteiger partial charge in [-0.1, -0.05) is 19.3 Å². The van der Waals surface area contributed by atoms with Crippen molar-refractivity contribution in [3.63, 3.8) is 0 Å². The van der Waals surface area contributed by atoms with E-state index in [0.29, 0.717) is 5.92 Å². The molecule has 2 rings (SSSR count). The maximum atomic E-state index is 13.6. The van der Waals surface area contributed by atoms with Gasteiger partial charge in [0, 0.05) is 13.1 Å². The summed E-state index contributed by atoms with van der Waals surface area (Å²) in [5, 5.41) is 0. The molecule has 0 unspecified atom stereocenters. The van der Waals surface area contributed by atoms with Gasteiger partial charge < -0.3 is 5.73 Å². The molecular weight excluding hydrogens is 286 g/mol. The number of nitrogens with one attached hydrogen (secondary N) is 1. The summed E-state index contributed by atoms with van der Waals surface area (Å²) in [6.07, 6.45) is 4.11. The average Bonchev–Trinajstić information content (AvgIpc) is 2.35. The van der Waals surface area contributed by atoms with E-state index >= 15 is 0 Å². The van der Waals surface area contributed by atoms with Crippen molar-refractivity contribution in [2.75, 3.05) is 6.54 Å². The van der Waals surface area contributed by atoms with Crippen LogP contribution < -0.4 is 10.5 Å². The molecule has 0 saturated heterocycles. The Morgan fingerprint density at radius 2 is 2.00 bits per heavy atom. The van der Waals surface area contributed by atoms with Crippen molar-refractivity contribution in [1.29, 1.82) is 0 Å². The highest BCUT2D eigenvalue weighted by molar-refractivity contribution is 7.89. The minimum Gasteiger partial charge on any atom is -0.326 e. The Morgan fingerprint density at radius 3 is 2.55 bits per heavy atom. The Balaban J connectivity index is 2.13. The monoisotopic (exact) mass is 304 g/mol. The lowest BCUT2D eigenvalue weighted by molar-refractivity contribution is 0.297. The molecule has 0 radical (unpaired) electrons. The van der Waals surface area contributed by atoms with Crippen LogP contribution in [0.5, 0.6) is 0 Å². The maximum Gasteiger partial charge on any atom is 0.243 e. The molecule has 0 aliphatic heterocycles. The molecule has 20 heavy (non-hydrogen) atoms. The molecule has 1 aliphatic carbocycles. The number of nitrogens with two attached hydrogens (primary N) is 1. The lowest BCUT2D eigenvalue weighted by atomic mass is 9.83. The molecule has 1 aliphatic rings. The second kappa shape index (κ2) is 6.15. The Morgan fingerprint density at radius 1 is 1.30 bits per heavy atom. The van der Waals surface area contributed by atoms with Crippen molar-refractivity contribution in [2.24, 2.45) is 11.7 Å². The van der Waals surface area contributed by atoms with Crippen LogP contribution in [0, 0.1) is 17.6 Å². The molecule has 4 nitrogen and oxygen atoms in total. The zero-order chi connectivity index (χ0) is 14.8. The third-order valence-corrected chi connectivity index (χ3v) is 5.11. The Labute approximate surface area is 117 Å². The van der Waals surface area contributed by atoms with Crippen molar-refractivity contribution >= 4 is 10.0 Å². The molecule has 1 fully saturated rings. The molecule has 0 bridgehead atoms. The van der Waals surface area contributed by atoms with Gasteiger partial charge in [-0.25, -0.2) is 21.9 Å². The Bertz CT molecular complexity index is 586. The minimum atomic E-state index is -4.05. The van der Waals surface area contributed by atoms with Crippen molar-refractivity contribution in [3.05, 3.63) is 29.3 Å². The minimum absolute atomic E-state index is 0.0538. The molecule has 3 N–H and O–H groups in total. The molecule has 0 aromatic heterocycles. The van der Waals surface area contributed by atoms with Crippen LogP contribution in [0.3, 0.4) is 0 Å². The molecular formula is C13H18F2N2O2S. The third-order valence-electron chi connectivity index (χ3n) is 3.65. The van der Waals surface area contributed by atoms with Gasteiger partial charge in [0.1, 0.15) is 4.90 Å². The van der Waals surface area contributed by atoms with E-state index in [9.17, 15) is 17.2 Å². The van der Waals surface area contributed by atoms with Crippen LogP contribution >= 0.6 is 0 Å². The van der Waals surface area contributed by atoms with E-state index < -0.39 is 26.6 Å². The lowest BCUT2D eigenvalue weighted by Gasteiger charge is -2.25. The van der Waals surface area contributed by atoms with Crippen LogP contribution in [0.25, 0.3) is 0 Å². The van der Waals surface area contributed by atoms with Crippen molar-refractivity contribution < 1.29 is 17.2 Å². The molecule has 0 amide bonds. The summed E-state index contributed by atoms with van der Waals surface area (Å²) in [6.45, 7) is 0.183. The molecule has 112 valence electrons. The molecule has 0 spiro atoms. The third kappa shape index (κ3) is 3.34. The van der Waals surface area contributed by atoms with E-state index in [2.05, 4.69) is 4.72 Å². The first-order chi connectivity index (χ1) is 9.44. The largest absolute Gasteiger partial charge is 0.326 e. The van der Waals surface area contributed by atoms with E-state index in [4.69, 9.17) is 5.73 Å². The van der Waals surface area contributed by atoms with Crippen molar-refractivity contribution in [2.45, 2.75) is 37.1 Å². The summed E-state index contributed by atoms with van der Waals surface area (Å²) in [5.41, 5.74) is 5.58. The van der Waals surface area contributed by atoms with Gasteiger partial charge in [-0.05, 0) is 30.0 Å². The first kappa shape index (κ1) is 15.3. The lowest BCUT2D eigenvalue weighted by Crippen LogP contribution is -2.28. The van der Waals surface area contributed by atoms with Gasteiger partial charge in [0.25, 0.3) is 0 Å². The second-order valence-corrected chi connectivity index (χ2v) is 6.81. The van der Waals surface area contributed by atoms with Crippen molar-refractivity contribution in [1.82, 2.24) is 4.72 Å². The maximum absolute atomic E-state index is 13.6. The summed E-state index contributed by atoms with van der Waals surface area (Å²) >= 11 is 0. The Kier molecular flexibility index (Phi) is 4.72. The van der Waals surface area contributed by atoms with Crippen molar-refractivity contribution in [3.8, 4) is 0 Å². The Hall–Kier alpha value is -1.05. The number of halogens is 2. The predicted molar refractivity (Wildman–Crippen MR) is 71.4 cm³/mol. The van der Waals surface area contributed by atoms with Gasteiger partial charge in [-0.2, -0.15) is 0 Å². The van der Waals surface area contributed by atoms with Crippen LogP contribution in [0.2, 0.25) is 0 Å². The van der Waals surface area contributed by atoms with E-state index in [1.54, 1.807) is 0 Å². The van der Waals surface area contributed by atoms with E-state index in [-0.39, 0.29) is 18.7 Å². The molecule has 1 aromatic rings. The summed E-state index contributed by atoms with van der Waals surface area (Å²) in [7, 11) is -4.05. The molecule has 0 atom stereocenters. The highest BCUT2D eigenvalue weighted by Gasteiger charge is 2.24. The SMILES string of the molecule is NCc1cc(F)c(F)c(S(=O)(=O)NCCC2CCC2)c1. The van der Waals surface area contributed by atoms with Gasteiger partial charge in [0.2, 0.25) is 10.0 Å². The van der Waals surface area contributed by atoms with Crippen LogP contribution in [-0.2, 0) is 16.6 Å². The molecule has 1 aromatic carbocycles. The van der Waals surface area contributed by atoms with Crippen LogP contribution in [0.15, 0.2) is 17.0 Å². The van der Waals surface area contributed by atoms with E-state index in [1.807, 2.05) is 0 Å². The summed E-state index contributed by atoms with van der Waals surface area (Å²) in [6, 6.07) is 1.98. The summed E-state index contributed by atoms with van der Waals surface area (Å²) < 4.78 is 53.3. The van der Waals surface area contributed by atoms with Gasteiger partial charge in [-0.3, -0.25) is 0 Å². The highest BCUT2D eigenvalue weighted by atomic mass is 32.2. The fourth-order valence-electron chi connectivity index (χ4n) is 2.19. The fourth-order valence-corrected chi connectivity index (χ4v) is 3.37. The molecule has 0 heterocycles. The average molecular weight is 304 g/mol. The number of rotatable bonds is 6. The zero-order valence-corrected chi connectivity index (χ0v) is 11.8. The number of sulfonamides is 1. The van der Waals surface area contributed by atoms with Gasteiger partial charge in [0.15, 0.2) is 11.6 Å². The van der Waals surface area contributed by atoms with Crippen LogP contribution in [0.1, 0.15) is 31.2 Å². The summed E-state index contributed by atoms with van der Waals surface area (Å²) in [5.74, 6) is -2.03. The number of benzene rings is 1. The quantitative estimate of drug-likeness (QED) is 0.843. The fraction of sp³-hybridized carbons (Fsp3) is 0.538. The van der Waals surface area contributed by atoms with Gasteiger partial charge in [-0.15, -0.1) is 0 Å². The first-order valence-electron chi connectivity index (χ1n) is 6.61. The normalized spacial score (nSPS) is 16.1. The van der Waals surface area contributed by atoms with E-state index in [0.717, 1.165) is 31.4 Å². The predicted octanol–water partition coefficient (Wildman–Crippen LogP) is 1.89. The van der Waals surface area contributed by atoms with Crippen LogP contribution in [-0.4, -0.2) is 15.0 Å².